The third-order valence-corrected chi connectivity index (χ3v) is 5.95. The van der Waals surface area contributed by atoms with E-state index in [9.17, 15) is 14.0 Å². The van der Waals surface area contributed by atoms with E-state index in [2.05, 4.69) is 5.32 Å². The second-order valence-electron chi connectivity index (χ2n) is 9.79. The van der Waals surface area contributed by atoms with Crippen LogP contribution in [0.2, 0.25) is 5.02 Å². The molecular formula is C29H32ClFN2O3. The molecule has 0 aliphatic carbocycles. The lowest BCUT2D eigenvalue weighted by molar-refractivity contribution is -0.143. The smallest absolute Gasteiger partial charge is 0.261 e. The summed E-state index contributed by atoms with van der Waals surface area (Å²) < 4.78 is 19.3. The van der Waals surface area contributed by atoms with Crippen molar-refractivity contribution in [3.63, 3.8) is 0 Å². The Bertz CT molecular complexity index is 1180. The van der Waals surface area contributed by atoms with Gasteiger partial charge in [0.05, 0.1) is 0 Å². The monoisotopic (exact) mass is 510 g/mol. The predicted molar refractivity (Wildman–Crippen MR) is 140 cm³/mol. The highest BCUT2D eigenvalue weighted by Crippen LogP contribution is 2.22. The molecular weight excluding hydrogens is 479 g/mol. The lowest BCUT2D eigenvalue weighted by atomic mass is 10.0. The van der Waals surface area contributed by atoms with Crippen molar-refractivity contribution < 1.29 is 18.7 Å². The van der Waals surface area contributed by atoms with Gasteiger partial charge in [-0.25, -0.2) is 4.39 Å². The van der Waals surface area contributed by atoms with Crippen LogP contribution in [0.15, 0.2) is 72.8 Å². The number of carbonyl (C=O) groups is 2. The molecule has 0 fully saturated rings. The van der Waals surface area contributed by atoms with E-state index in [1.54, 1.807) is 30.3 Å². The molecule has 0 radical (unpaired) electrons. The summed E-state index contributed by atoms with van der Waals surface area (Å²) in [5.74, 6) is -0.504. The highest BCUT2D eigenvalue weighted by Gasteiger charge is 2.32. The molecule has 0 bridgehead atoms. The van der Waals surface area contributed by atoms with Gasteiger partial charge in [0.15, 0.2) is 6.61 Å². The van der Waals surface area contributed by atoms with Gasteiger partial charge >= 0.3 is 0 Å². The Morgan fingerprint density at radius 2 is 1.67 bits per heavy atom. The zero-order valence-corrected chi connectivity index (χ0v) is 21.8. The minimum atomic E-state index is -0.806. The van der Waals surface area contributed by atoms with E-state index in [0.717, 1.165) is 11.1 Å². The van der Waals surface area contributed by atoms with Crippen molar-refractivity contribution in [1.29, 1.82) is 0 Å². The number of benzene rings is 3. The first-order chi connectivity index (χ1) is 17.0. The van der Waals surface area contributed by atoms with Gasteiger partial charge in [0.1, 0.15) is 17.6 Å². The van der Waals surface area contributed by atoms with E-state index in [-0.39, 0.29) is 30.8 Å². The number of halogens is 2. The first-order valence-electron chi connectivity index (χ1n) is 11.8. The van der Waals surface area contributed by atoms with Crippen molar-refractivity contribution in [2.45, 2.75) is 52.2 Å². The molecule has 0 saturated heterocycles. The van der Waals surface area contributed by atoms with Gasteiger partial charge in [0.2, 0.25) is 5.91 Å². The van der Waals surface area contributed by atoms with Gasteiger partial charge in [0.25, 0.3) is 5.91 Å². The van der Waals surface area contributed by atoms with Crippen LogP contribution in [0, 0.1) is 12.7 Å². The molecule has 7 heteroatoms. The fraction of sp³-hybridized carbons (Fsp3) is 0.310. The normalized spacial score (nSPS) is 12.1. The molecule has 0 heterocycles. The Labute approximate surface area is 217 Å². The number of rotatable bonds is 9. The summed E-state index contributed by atoms with van der Waals surface area (Å²) in [6, 6.07) is 19.8. The van der Waals surface area contributed by atoms with Crippen molar-refractivity contribution in [2.24, 2.45) is 0 Å². The summed E-state index contributed by atoms with van der Waals surface area (Å²) >= 11 is 6.10. The molecule has 3 aromatic carbocycles. The lowest BCUT2D eigenvalue weighted by Crippen LogP contribution is -2.55. The Morgan fingerprint density at radius 3 is 2.28 bits per heavy atom. The van der Waals surface area contributed by atoms with Crippen LogP contribution in [0.25, 0.3) is 0 Å². The summed E-state index contributed by atoms with van der Waals surface area (Å²) in [6.07, 6.45) is 0.315. The zero-order chi connectivity index (χ0) is 26.3. The molecule has 190 valence electrons. The quantitative estimate of drug-likeness (QED) is 0.400. The summed E-state index contributed by atoms with van der Waals surface area (Å²) in [5, 5.41) is 3.61. The summed E-state index contributed by atoms with van der Waals surface area (Å²) in [7, 11) is 0. The fourth-order valence-electron chi connectivity index (χ4n) is 3.73. The number of nitrogens with zero attached hydrogens (tertiary/aromatic N) is 1. The van der Waals surface area contributed by atoms with Crippen molar-refractivity contribution in [1.82, 2.24) is 10.2 Å². The van der Waals surface area contributed by atoms with Crippen LogP contribution in [0.4, 0.5) is 4.39 Å². The van der Waals surface area contributed by atoms with Crippen LogP contribution >= 0.6 is 11.6 Å². The lowest BCUT2D eigenvalue weighted by Gasteiger charge is -2.33. The molecule has 0 saturated carbocycles. The Hall–Kier alpha value is -3.38. The van der Waals surface area contributed by atoms with Gasteiger partial charge in [-0.2, -0.15) is 0 Å². The van der Waals surface area contributed by atoms with Crippen molar-refractivity contribution >= 4 is 23.4 Å². The first kappa shape index (κ1) is 27.2. The number of carbonyl (C=O) groups excluding carboxylic acids is 2. The minimum absolute atomic E-state index is 0.122. The number of amides is 2. The Kier molecular flexibility index (Phi) is 9.10. The average Bonchev–Trinajstić information content (AvgIpc) is 2.82. The number of aryl methyl sites for hydroxylation is 1. The highest BCUT2D eigenvalue weighted by atomic mass is 35.5. The predicted octanol–water partition coefficient (Wildman–Crippen LogP) is 5.72. The molecule has 0 aromatic heterocycles. The second kappa shape index (κ2) is 12.0. The highest BCUT2D eigenvalue weighted by molar-refractivity contribution is 6.31. The molecule has 5 nitrogen and oxygen atoms in total. The topological polar surface area (TPSA) is 58.6 Å². The van der Waals surface area contributed by atoms with Crippen LogP contribution in [-0.2, 0) is 22.6 Å². The maximum absolute atomic E-state index is 13.6. The molecule has 3 rings (SSSR count). The van der Waals surface area contributed by atoms with Crippen LogP contribution < -0.4 is 10.1 Å². The third-order valence-electron chi connectivity index (χ3n) is 5.53. The molecule has 1 N–H and O–H groups in total. The average molecular weight is 511 g/mol. The second-order valence-corrected chi connectivity index (χ2v) is 10.2. The van der Waals surface area contributed by atoms with Gasteiger partial charge in [0, 0.05) is 23.5 Å². The largest absolute Gasteiger partial charge is 0.484 e. The van der Waals surface area contributed by atoms with Crippen molar-refractivity contribution in [2.75, 3.05) is 6.61 Å². The van der Waals surface area contributed by atoms with Gasteiger partial charge in [-0.1, -0.05) is 54.1 Å². The van der Waals surface area contributed by atoms with Crippen molar-refractivity contribution in [3.8, 4) is 5.75 Å². The molecule has 0 aliphatic rings. The molecule has 0 spiro atoms. The SMILES string of the molecule is Cc1cc(OCC(=O)N(Cc2ccc(F)cc2)[C@@H](Cc2ccccc2)C(=O)NC(C)(C)C)ccc1Cl. The van der Waals surface area contributed by atoms with Gasteiger partial charge in [-0.15, -0.1) is 0 Å². The number of ether oxygens (including phenoxy) is 1. The summed E-state index contributed by atoms with van der Waals surface area (Å²) in [5.41, 5.74) is 1.95. The van der Waals surface area contributed by atoms with E-state index in [1.807, 2.05) is 58.0 Å². The maximum atomic E-state index is 13.6. The molecule has 1 atom stereocenters. The molecule has 0 unspecified atom stereocenters. The van der Waals surface area contributed by atoms with Crippen molar-refractivity contribution in [3.05, 3.63) is 100 Å². The number of hydrogen-bond acceptors (Lipinski definition) is 3. The molecule has 2 amide bonds. The number of hydrogen-bond donors (Lipinski definition) is 1. The Balaban J connectivity index is 1.92. The Morgan fingerprint density at radius 1 is 1.00 bits per heavy atom. The fourth-order valence-corrected chi connectivity index (χ4v) is 3.85. The van der Waals surface area contributed by atoms with Crippen LogP contribution in [0.1, 0.15) is 37.5 Å². The van der Waals surface area contributed by atoms with E-state index in [1.165, 1.54) is 17.0 Å². The zero-order valence-electron chi connectivity index (χ0n) is 21.1. The molecule has 0 aliphatic heterocycles. The summed E-state index contributed by atoms with van der Waals surface area (Å²) in [4.78, 5) is 28.6. The van der Waals surface area contributed by atoms with Gasteiger partial charge in [-0.3, -0.25) is 9.59 Å². The minimum Gasteiger partial charge on any atom is -0.484 e. The first-order valence-corrected chi connectivity index (χ1v) is 12.2. The van der Waals surface area contributed by atoms with Crippen LogP contribution in [-0.4, -0.2) is 34.9 Å². The van der Waals surface area contributed by atoms with E-state index < -0.39 is 11.6 Å². The van der Waals surface area contributed by atoms with Crippen LogP contribution in [0.5, 0.6) is 5.75 Å². The van der Waals surface area contributed by atoms with Crippen LogP contribution in [0.3, 0.4) is 0 Å². The third kappa shape index (κ3) is 8.09. The maximum Gasteiger partial charge on any atom is 0.261 e. The van der Waals surface area contributed by atoms with E-state index in [0.29, 0.717) is 22.8 Å². The number of nitrogens with one attached hydrogen (secondary N) is 1. The van der Waals surface area contributed by atoms with Gasteiger partial charge < -0.3 is 15.0 Å². The van der Waals surface area contributed by atoms with Gasteiger partial charge in [-0.05, 0) is 74.7 Å². The van der Waals surface area contributed by atoms with E-state index >= 15 is 0 Å². The van der Waals surface area contributed by atoms with E-state index in [4.69, 9.17) is 16.3 Å². The summed E-state index contributed by atoms with van der Waals surface area (Å²) in [6.45, 7) is 7.38. The standard InChI is InChI=1S/C29H32ClFN2O3/c1-20-16-24(14-15-25(20)30)36-19-27(34)33(18-22-10-12-23(31)13-11-22)26(28(35)32-29(2,3)4)17-21-8-6-5-7-9-21/h5-16,26H,17-19H2,1-4H3,(H,32,35)/t26-/m0/s1. The molecule has 3 aromatic rings. The molecule has 36 heavy (non-hydrogen) atoms.